The average Bonchev–Trinajstić information content (AvgIpc) is 3.10. The van der Waals surface area contributed by atoms with Gasteiger partial charge >= 0.3 is 12.0 Å². The molecule has 2 heterocycles. The van der Waals surface area contributed by atoms with Gasteiger partial charge in [0.1, 0.15) is 17.6 Å². The number of nitrogens with one attached hydrogen (secondary N) is 2. The third-order valence-electron chi connectivity index (χ3n) is 4.13. The fourth-order valence-corrected chi connectivity index (χ4v) is 3.99. The lowest BCUT2D eigenvalue weighted by Gasteiger charge is -2.13. The highest BCUT2D eigenvalue weighted by atomic mass is 32.2. The van der Waals surface area contributed by atoms with Crippen molar-refractivity contribution in [3.05, 3.63) is 47.3 Å². The van der Waals surface area contributed by atoms with Crippen molar-refractivity contribution in [1.82, 2.24) is 14.7 Å². The maximum Gasteiger partial charge on any atom is 0.339 e. The summed E-state index contributed by atoms with van der Waals surface area (Å²) in [7, 11) is -4.40. The van der Waals surface area contributed by atoms with Crippen LogP contribution in [0.3, 0.4) is 0 Å². The first-order valence-corrected chi connectivity index (χ1v) is 10.8. The number of carbonyl (C=O) groups is 2. The Bertz CT molecular complexity index is 1070. The molecule has 12 heteroatoms. The van der Waals surface area contributed by atoms with Crippen molar-refractivity contribution in [2.75, 3.05) is 18.5 Å². The van der Waals surface area contributed by atoms with E-state index < -0.39 is 39.3 Å². The number of aromatic nitrogens is 2. The topological polar surface area (TPSA) is 146 Å². The Kier molecular flexibility index (Phi) is 6.83. The third-order valence-corrected chi connectivity index (χ3v) is 5.52. The van der Waals surface area contributed by atoms with Crippen LogP contribution in [0.4, 0.5) is 10.7 Å². The summed E-state index contributed by atoms with van der Waals surface area (Å²) in [5, 5.41) is 2.27. The summed E-state index contributed by atoms with van der Waals surface area (Å²) >= 11 is 0. The number of sulfonamides is 1. The molecular formula is C19H22N4O7S. The number of aryl methyl sites for hydroxylation is 2. The van der Waals surface area contributed by atoms with Crippen LogP contribution < -0.4 is 10.0 Å². The standard InChI is InChI=1S/C19H22N4O7S/c1-11-8-12(2)21-18(20-11)22-19(25)23-31(26,27)16-7-5-4-6-15(16)17(24)29-10-14-9-28-13(3)30-14/h4-8,13-14H,9-10H2,1-3H3,(H2,20,21,22,23,25)/t13-,14+/m1/s1. The normalized spacial score (nSPS) is 18.4. The number of esters is 1. The molecular weight excluding hydrogens is 428 g/mol. The first kappa shape index (κ1) is 22.6. The van der Waals surface area contributed by atoms with Crippen LogP contribution in [-0.2, 0) is 24.2 Å². The molecule has 3 rings (SSSR count). The highest BCUT2D eigenvalue weighted by molar-refractivity contribution is 7.90. The van der Waals surface area contributed by atoms with E-state index in [4.69, 9.17) is 14.2 Å². The van der Waals surface area contributed by atoms with Crippen LogP contribution in [0.2, 0.25) is 0 Å². The van der Waals surface area contributed by atoms with Gasteiger partial charge in [-0.15, -0.1) is 0 Å². The molecule has 0 spiro atoms. The Morgan fingerprint density at radius 1 is 1.19 bits per heavy atom. The summed E-state index contributed by atoms with van der Waals surface area (Å²) in [6.45, 7) is 5.29. The largest absolute Gasteiger partial charge is 0.459 e. The minimum absolute atomic E-state index is 0.0501. The molecule has 2 N–H and O–H groups in total. The number of carbonyl (C=O) groups excluding carboxylic acids is 2. The summed E-state index contributed by atoms with van der Waals surface area (Å²) in [4.78, 5) is 32.3. The quantitative estimate of drug-likeness (QED) is 0.625. The van der Waals surface area contributed by atoms with E-state index in [-0.39, 0.29) is 24.7 Å². The number of nitrogens with zero attached hydrogens (tertiary/aromatic N) is 2. The minimum atomic E-state index is -4.40. The zero-order valence-electron chi connectivity index (χ0n) is 17.1. The van der Waals surface area contributed by atoms with Gasteiger partial charge in [0.25, 0.3) is 10.0 Å². The molecule has 0 unspecified atom stereocenters. The number of ether oxygens (including phenoxy) is 3. The Morgan fingerprint density at radius 2 is 1.87 bits per heavy atom. The summed E-state index contributed by atoms with van der Waals surface area (Å²) in [6.07, 6.45) is -0.843. The molecule has 0 aliphatic carbocycles. The van der Waals surface area contributed by atoms with E-state index >= 15 is 0 Å². The molecule has 2 aromatic rings. The first-order chi connectivity index (χ1) is 14.6. The lowest BCUT2D eigenvalue weighted by Crippen LogP contribution is -2.35. The Labute approximate surface area is 179 Å². The molecule has 11 nitrogen and oxygen atoms in total. The van der Waals surface area contributed by atoms with Gasteiger partial charge in [-0.3, -0.25) is 5.32 Å². The molecule has 166 valence electrons. The second-order valence-electron chi connectivity index (χ2n) is 6.79. The summed E-state index contributed by atoms with van der Waals surface area (Å²) in [5.41, 5.74) is 0.979. The average molecular weight is 450 g/mol. The van der Waals surface area contributed by atoms with Gasteiger partial charge in [0, 0.05) is 11.4 Å². The van der Waals surface area contributed by atoms with Crippen molar-refractivity contribution >= 4 is 28.0 Å². The van der Waals surface area contributed by atoms with E-state index in [0.717, 1.165) is 0 Å². The zero-order valence-corrected chi connectivity index (χ0v) is 17.9. The molecule has 1 aliphatic rings. The van der Waals surface area contributed by atoms with Gasteiger partial charge in [0.05, 0.1) is 12.2 Å². The molecule has 1 fully saturated rings. The highest BCUT2D eigenvalue weighted by Crippen LogP contribution is 2.18. The number of anilines is 1. The molecule has 2 atom stereocenters. The molecule has 2 amide bonds. The monoisotopic (exact) mass is 450 g/mol. The predicted octanol–water partition coefficient (Wildman–Crippen LogP) is 1.52. The van der Waals surface area contributed by atoms with Gasteiger partial charge in [-0.25, -0.2) is 32.7 Å². The van der Waals surface area contributed by atoms with E-state index in [2.05, 4.69) is 15.3 Å². The lowest BCUT2D eigenvalue weighted by molar-refractivity contribution is -0.0536. The lowest BCUT2D eigenvalue weighted by atomic mass is 10.2. The van der Waals surface area contributed by atoms with Crippen LogP contribution in [0, 0.1) is 13.8 Å². The fourth-order valence-electron chi connectivity index (χ4n) is 2.88. The first-order valence-electron chi connectivity index (χ1n) is 9.33. The third kappa shape index (κ3) is 5.96. The molecule has 31 heavy (non-hydrogen) atoms. The fraction of sp³-hybridized carbons (Fsp3) is 0.368. The molecule has 1 aromatic heterocycles. The van der Waals surface area contributed by atoms with Crippen LogP contribution in [0.5, 0.6) is 0 Å². The highest BCUT2D eigenvalue weighted by Gasteiger charge is 2.28. The van der Waals surface area contributed by atoms with Gasteiger partial charge in [-0.2, -0.15) is 0 Å². The van der Waals surface area contributed by atoms with E-state index in [1.165, 1.54) is 24.3 Å². The molecule has 0 bridgehead atoms. The summed E-state index contributed by atoms with van der Waals surface area (Å²) < 4.78 is 43.1. The van der Waals surface area contributed by atoms with Crippen LogP contribution in [0.1, 0.15) is 28.7 Å². The minimum Gasteiger partial charge on any atom is -0.459 e. The SMILES string of the molecule is Cc1cc(C)nc(NC(=O)NS(=O)(=O)c2ccccc2C(=O)OC[C@@H]2CO[C@@H](C)O2)n1. The van der Waals surface area contributed by atoms with Crippen LogP contribution in [-0.4, -0.2) is 56.0 Å². The van der Waals surface area contributed by atoms with E-state index in [9.17, 15) is 18.0 Å². The van der Waals surface area contributed by atoms with Crippen LogP contribution in [0.25, 0.3) is 0 Å². The number of rotatable bonds is 6. The second kappa shape index (κ2) is 9.37. The zero-order chi connectivity index (χ0) is 22.6. The molecule has 1 aromatic carbocycles. The van der Waals surface area contributed by atoms with E-state index in [1.54, 1.807) is 26.8 Å². The summed E-state index contributed by atoms with van der Waals surface area (Å²) in [6, 6.07) is 6.01. The van der Waals surface area contributed by atoms with Crippen LogP contribution >= 0.6 is 0 Å². The second-order valence-corrected chi connectivity index (χ2v) is 8.44. The molecule has 1 aliphatic heterocycles. The Balaban J connectivity index is 1.70. The van der Waals surface area contributed by atoms with Crippen molar-refractivity contribution in [3.8, 4) is 0 Å². The van der Waals surface area contributed by atoms with Crippen molar-refractivity contribution in [2.45, 2.75) is 38.1 Å². The van der Waals surface area contributed by atoms with Crippen molar-refractivity contribution in [1.29, 1.82) is 0 Å². The maximum absolute atomic E-state index is 12.7. The summed E-state index contributed by atoms with van der Waals surface area (Å²) in [5.74, 6) is -0.923. The van der Waals surface area contributed by atoms with E-state index in [0.29, 0.717) is 11.4 Å². The van der Waals surface area contributed by atoms with Gasteiger partial charge in [-0.1, -0.05) is 12.1 Å². The van der Waals surface area contributed by atoms with Gasteiger partial charge in [0.2, 0.25) is 5.95 Å². The number of amides is 2. The Morgan fingerprint density at radius 3 is 2.52 bits per heavy atom. The number of urea groups is 1. The van der Waals surface area contributed by atoms with Crippen molar-refractivity contribution < 1.29 is 32.2 Å². The van der Waals surface area contributed by atoms with E-state index in [1.807, 2.05) is 4.72 Å². The van der Waals surface area contributed by atoms with Crippen molar-refractivity contribution in [2.24, 2.45) is 0 Å². The molecule has 0 saturated carbocycles. The molecule has 0 radical (unpaired) electrons. The number of hydrogen-bond donors (Lipinski definition) is 2. The van der Waals surface area contributed by atoms with Gasteiger partial charge in [-0.05, 0) is 39.0 Å². The predicted molar refractivity (Wildman–Crippen MR) is 108 cm³/mol. The van der Waals surface area contributed by atoms with Crippen LogP contribution in [0.15, 0.2) is 35.2 Å². The smallest absolute Gasteiger partial charge is 0.339 e. The Hall–Kier alpha value is -3.09. The maximum atomic E-state index is 12.7. The van der Waals surface area contributed by atoms with Crippen molar-refractivity contribution in [3.63, 3.8) is 0 Å². The number of hydrogen-bond acceptors (Lipinski definition) is 9. The molecule has 1 saturated heterocycles. The van der Waals surface area contributed by atoms with Gasteiger partial charge < -0.3 is 14.2 Å². The van der Waals surface area contributed by atoms with Gasteiger partial charge in [0.15, 0.2) is 6.29 Å². The number of benzene rings is 1.